The number of methoxy groups -OCH3 is 2. The number of benzene rings is 1. The van der Waals surface area contributed by atoms with E-state index in [-0.39, 0.29) is 6.61 Å². The average Bonchev–Trinajstić information content (AvgIpc) is 2.52. The van der Waals surface area contributed by atoms with Crippen LogP contribution in [-0.2, 0) is 13.2 Å². The summed E-state index contributed by atoms with van der Waals surface area (Å²) in [7, 11) is 3.14. The van der Waals surface area contributed by atoms with Gasteiger partial charge in [0.15, 0.2) is 11.5 Å². The fraction of sp³-hybridized carbons (Fsp3) is 0.267. The van der Waals surface area contributed by atoms with Crippen LogP contribution in [0.2, 0.25) is 0 Å². The SMILES string of the molecule is COc1cc(CO)ccc1OCc1cccnc1OC. The Morgan fingerprint density at radius 2 is 1.95 bits per heavy atom. The van der Waals surface area contributed by atoms with Crippen LogP contribution in [0.4, 0.5) is 0 Å². The monoisotopic (exact) mass is 275 g/mol. The van der Waals surface area contributed by atoms with E-state index in [0.717, 1.165) is 11.1 Å². The molecule has 0 atom stereocenters. The highest BCUT2D eigenvalue weighted by atomic mass is 16.5. The number of ether oxygens (including phenoxy) is 3. The topological polar surface area (TPSA) is 60.8 Å². The fourth-order valence-corrected chi connectivity index (χ4v) is 1.80. The fourth-order valence-electron chi connectivity index (χ4n) is 1.80. The number of pyridine rings is 1. The van der Waals surface area contributed by atoms with Crippen LogP contribution in [0, 0.1) is 0 Å². The highest BCUT2D eigenvalue weighted by molar-refractivity contribution is 5.43. The molecule has 20 heavy (non-hydrogen) atoms. The summed E-state index contributed by atoms with van der Waals surface area (Å²) in [5, 5.41) is 9.10. The predicted molar refractivity (Wildman–Crippen MR) is 74.0 cm³/mol. The van der Waals surface area contributed by atoms with Gasteiger partial charge in [-0.3, -0.25) is 0 Å². The van der Waals surface area contributed by atoms with Crippen molar-refractivity contribution in [3.63, 3.8) is 0 Å². The Morgan fingerprint density at radius 3 is 2.65 bits per heavy atom. The van der Waals surface area contributed by atoms with Gasteiger partial charge in [-0.05, 0) is 29.8 Å². The van der Waals surface area contributed by atoms with Crippen molar-refractivity contribution in [2.75, 3.05) is 14.2 Å². The molecule has 0 fully saturated rings. The molecule has 1 heterocycles. The number of rotatable bonds is 6. The summed E-state index contributed by atoms with van der Waals surface area (Å²) in [5.41, 5.74) is 1.62. The minimum absolute atomic E-state index is 0.0347. The Kier molecular flexibility index (Phi) is 4.79. The molecule has 0 bridgehead atoms. The van der Waals surface area contributed by atoms with E-state index < -0.39 is 0 Å². The number of hydrogen-bond donors (Lipinski definition) is 1. The van der Waals surface area contributed by atoms with Crippen LogP contribution in [0.15, 0.2) is 36.5 Å². The van der Waals surface area contributed by atoms with Gasteiger partial charge in [-0.1, -0.05) is 6.07 Å². The predicted octanol–water partition coefficient (Wildman–Crippen LogP) is 2.17. The largest absolute Gasteiger partial charge is 0.493 e. The summed E-state index contributed by atoms with van der Waals surface area (Å²) < 4.78 is 16.2. The third-order valence-corrected chi connectivity index (χ3v) is 2.84. The Morgan fingerprint density at radius 1 is 1.10 bits per heavy atom. The maximum atomic E-state index is 9.10. The Labute approximate surface area is 117 Å². The van der Waals surface area contributed by atoms with Crippen LogP contribution in [0.3, 0.4) is 0 Å². The quantitative estimate of drug-likeness (QED) is 0.875. The maximum absolute atomic E-state index is 9.10. The van der Waals surface area contributed by atoms with Gasteiger partial charge in [0.2, 0.25) is 5.88 Å². The highest BCUT2D eigenvalue weighted by Crippen LogP contribution is 2.29. The molecule has 106 valence electrons. The van der Waals surface area contributed by atoms with Crippen LogP contribution >= 0.6 is 0 Å². The lowest BCUT2D eigenvalue weighted by molar-refractivity contribution is 0.270. The van der Waals surface area contributed by atoms with Crippen LogP contribution in [-0.4, -0.2) is 24.3 Å². The van der Waals surface area contributed by atoms with Crippen molar-refractivity contribution in [3.8, 4) is 17.4 Å². The first-order chi connectivity index (χ1) is 9.78. The van der Waals surface area contributed by atoms with E-state index in [1.165, 1.54) is 0 Å². The van der Waals surface area contributed by atoms with E-state index in [9.17, 15) is 0 Å². The molecule has 0 aliphatic carbocycles. The van der Waals surface area contributed by atoms with Crippen LogP contribution in [0.25, 0.3) is 0 Å². The zero-order chi connectivity index (χ0) is 14.4. The Hall–Kier alpha value is -2.27. The lowest BCUT2D eigenvalue weighted by atomic mass is 10.2. The standard InChI is InChI=1S/C15H17NO4/c1-18-14-8-11(9-17)5-6-13(14)20-10-12-4-3-7-16-15(12)19-2/h3-8,17H,9-10H2,1-2H3. The van der Waals surface area contributed by atoms with E-state index >= 15 is 0 Å². The number of aliphatic hydroxyl groups is 1. The first-order valence-corrected chi connectivity index (χ1v) is 6.17. The Balaban J connectivity index is 2.14. The smallest absolute Gasteiger partial charge is 0.219 e. The molecule has 2 rings (SSSR count). The van der Waals surface area contributed by atoms with Crippen molar-refractivity contribution in [2.24, 2.45) is 0 Å². The molecule has 0 aliphatic heterocycles. The number of aromatic nitrogens is 1. The third-order valence-electron chi connectivity index (χ3n) is 2.84. The van der Waals surface area contributed by atoms with Crippen LogP contribution in [0.5, 0.6) is 17.4 Å². The van der Waals surface area contributed by atoms with E-state index in [2.05, 4.69) is 4.98 Å². The summed E-state index contributed by atoms with van der Waals surface area (Å²) in [4.78, 5) is 4.11. The van der Waals surface area contributed by atoms with Crippen molar-refractivity contribution >= 4 is 0 Å². The van der Waals surface area contributed by atoms with Gasteiger partial charge in [0, 0.05) is 6.20 Å². The van der Waals surface area contributed by atoms with Crippen molar-refractivity contribution in [1.29, 1.82) is 0 Å². The van der Waals surface area contributed by atoms with Gasteiger partial charge < -0.3 is 19.3 Å². The van der Waals surface area contributed by atoms with Gasteiger partial charge in [0.05, 0.1) is 26.4 Å². The van der Waals surface area contributed by atoms with Crippen molar-refractivity contribution in [3.05, 3.63) is 47.7 Å². The second kappa shape index (κ2) is 6.77. The summed E-state index contributed by atoms with van der Waals surface area (Å²) >= 11 is 0. The van der Waals surface area contributed by atoms with Crippen molar-refractivity contribution in [2.45, 2.75) is 13.2 Å². The van der Waals surface area contributed by atoms with E-state index in [0.29, 0.717) is 24.0 Å². The van der Waals surface area contributed by atoms with Gasteiger partial charge in [0.1, 0.15) is 6.61 Å². The maximum Gasteiger partial charge on any atom is 0.219 e. The van der Waals surface area contributed by atoms with Crippen molar-refractivity contribution < 1.29 is 19.3 Å². The minimum atomic E-state index is -0.0347. The second-order valence-electron chi connectivity index (χ2n) is 4.10. The molecule has 1 N–H and O–H groups in total. The van der Waals surface area contributed by atoms with Gasteiger partial charge in [-0.15, -0.1) is 0 Å². The summed E-state index contributed by atoms with van der Waals surface area (Å²) in [5.74, 6) is 1.73. The molecule has 0 unspecified atom stereocenters. The second-order valence-corrected chi connectivity index (χ2v) is 4.10. The van der Waals surface area contributed by atoms with Gasteiger partial charge in [0.25, 0.3) is 0 Å². The van der Waals surface area contributed by atoms with Gasteiger partial charge in [-0.25, -0.2) is 4.98 Å². The molecule has 0 aliphatic rings. The lowest BCUT2D eigenvalue weighted by Crippen LogP contribution is -2.01. The molecule has 0 saturated heterocycles. The molecule has 0 spiro atoms. The molecule has 0 radical (unpaired) electrons. The van der Waals surface area contributed by atoms with Crippen LogP contribution in [0.1, 0.15) is 11.1 Å². The molecule has 0 amide bonds. The number of hydrogen-bond acceptors (Lipinski definition) is 5. The zero-order valence-electron chi connectivity index (χ0n) is 11.5. The minimum Gasteiger partial charge on any atom is -0.493 e. The molecule has 5 nitrogen and oxygen atoms in total. The zero-order valence-corrected chi connectivity index (χ0v) is 11.5. The normalized spacial score (nSPS) is 10.2. The third kappa shape index (κ3) is 3.19. The lowest BCUT2D eigenvalue weighted by Gasteiger charge is -2.12. The van der Waals surface area contributed by atoms with Gasteiger partial charge >= 0.3 is 0 Å². The van der Waals surface area contributed by atoms with E-state index in [1.807, 2.05) is 12.1 Å². The molecule has 1 aromatic heterocycles. The number of aliphatic hydroxyl groups excluding tert-OH is 1. The first-order valence-electron chi connectivity index (χ1n) is 6.17. The highest BCUT2D eigenvalue weighted by Gasteiger charge is 2.08. The summed E-state index contributed by atoms with van der Waals surface area (Å²) in [6.07, 6.45) is 1.67. The van der Waals surface area contributed by atoms with Crippen LogP contribution < -0.4 is 14.2 Å². The molecular formula is C15H17NO4. The van der Waals surface area contributed by atoms with E-state index in [4.69, 9.17) is 19.3 Å². The van der Waals surface area contributed by atoms with E-state index in [1.54, 1.807) is 38.6 Å². The molecule has 0 saturated carbocycles. The number of nitrogens with zero attached hydrogens (tertiary/aromatic N) is 1. The Bertz CT molecular complexity index is 572. The first kappa shape index (κ1) is 14.1. The summed E-state index contributed by atoms with van der Waals surface area (Å²) in [6.45, 7) is 0.291. The molecule has 1 aromatic carbocycles. The van der Waals surface area contributed by atoms with Gasteiger partial charge in [-0.2, -0.15) is 0 Å². The summed E-state index contributed by atoms with van der Waals surface area (Å²) in [6, 6.07) is 9.02. The molecule has 5 heteroatoms. The molecule has 2 aromatic rings. The molecular weight excluding hydrogens is 258 g/mol. The average molecular weight is 275 g/mol. The van der Waals surface area contributed by atoms with Crippen molar-refractivity contribution in [1.82, 2.24) is 4.98 Å².